The first kappa shape index (κ1) is 14.3. The molecule has 0 saturated carbocycles. The first-order valence-corrected chi connectivity index (χ1v) is 7.26. The summed E-state index contributed by atoms with van der Waals surface area (Å²) in [7, 11) is 0. The number of nitrogens with one attached hydrogen (secondary N) is 1. The Morgan fingerprint density at radius 2 is 1.84 bits per heavy atom. The molecule has 1 unspecified atom stereocenters. The molecule has 0 fully saturated rings. The van der Waals surface area contributed by atoms with E-state index < -0.39 is 0 Å². The van der Waals surface area contributed by atoms with Crippen LogP contribution in [-0.4, -0.2) is 0 Å². The number of nitrogens with two attached hydrogens (primary N) is 1. The predicted octanol–water partition coefficient (Wildman–Crippen LogP) is 3.89. The summed E-state index contributed by atoms with van der Waals surface area (Å²) < 4.78 is 1.14. The highest BCUT2D eigenvalue weighted by atomic mass is 79.9. The highest BCUT2D eigenvalue weighted by molar-refractivity contribution is 9.10. The normalized spacial score (nSPS) is 12.4. The third kappa shape index (κ3) is 3.66. The Hall–Kier alpha value is -1.16. The number of hydrogen-bond donors (Lipinski definition) is 2. The maximum absolute atomic E-state index is 5.72. The third-order valence-corrected chi connectivity index (χ3v) is 4.45. The van der Waals surface area contributed by atoms with E-state index in [1.165, 1.54) is 16.7 Å². The van der Waals surface area contributed by atoms with Crippen LogP contribution >= 0.6 is 15.9 Å². The van der Waals surface area contributed by atoms with E-state index in [4.69, 9.17) is 5.84 Å². The molecule has 2 aromatic rings. The second-order valence-corrected chi connectivity index (χ2v) is 5.51. The Labute approximate surface area is 123 Å². The average molecular weight is 319 g/mol. The molecule has 3 N–H and O–H groups in total. The zero-order chi connectivity index (χ0) is 13.7. The van der Waals surface area contributed by atoms with Gasteiger partial charge in [-0.15, -0.1) is 0 Å². The van der Waals surface area contributed by atoms with Crippen LogP contribution in [0.2, 0.25) is 0 Å². The van der Waals surface area contributed by atoms with Gasteiger partial charge in [0.2, 0.25) is 0 Å². The van der Waals surface area contributed by atoms with Crippen molar-refractivity contribution in [2.24, 2.45) is 5.84 Å². The lowest BCUT2D eigenvalue weighted by Crippen LogP contribution is -2.28. The largest absolute Gasteiger partial charge is 0.271 e. The van der Waals surface area contributed by atoms with Crippen LogP contribution < -0.4 is 11.3 Å². The number of hydrogen-bond acceptors (Lipinski definition) is 2. The molecule has 0 aliphatic carbocycles. The molecule has 3 heteroatoms. The number of benzene rings is 2. The molecule has 0 amide bonds. The molecule has 0 aliphatic rings. The van der Waals surface area contributed by atoms with Gasteiger partial charge in [-0.25, -0.2) is 0 Å². The molecule has 0 aliphatic heterocycles. The Morgan fingerprint density at radius 1 is 1.11 bits per heavy atom. The van der Waals surface area contributed by atoms with Crippen molar-refractivity contribution in [1.29, 1.82) is 0 Å². The summed E-state index contributed by atoms with van der Waals surface area (Å²) in [4.78, 5) is 0. The fourth-order valence-electron chi connectivity index (χ4n) is 2.22. The molecule has 100 valence electrons. The summed E-state index contributed by atoms with van der Waals surface area (Å²) in [5.41, 5.74) is 6.72. The van der Waals surface area contributed by atoms with Gasteiger partial charge in [0.05, 0.1) is 0 Å². The third-order valence-electron chi connectivity index (χ3n) is 3.36. The predicted molar refractivity (Wildman–Crippen MR) is 83.7 cm³/mol. The quantitative estimate of drug-likeness (QED) is 0.648. The number of halogens is 1. The van der Waals surface area contributed by atoms with Crippen molar-refractivity contribution in [3.05, 3.63) is 69.7 Å². The van der Waals surface area contributed by atoms with Gasteiger partial charge in [0.15, 0.2) is 0 Å². The van der Waals surface area contributed by atoms with Gasteiger partial charge in [0, 0.05) is 10.5 Å². The lowest BCUT2D eigenvalue weighted by atomic mass is 9.98. The van der Waals surface area contributed by atoms with Crippen molar-refractivity contribution >= 4 is 15.9 Å². The van der Waals surface area contributed by atoms with Crippen molar-refractivity contribution in [3.63, 3.8) is 0 Å². The highest BCUT2D eigenvalue weighted by Gasteiger charge is 2.13. The first-order chi connectivity index (χ1) is 9.22. The summed E-state index contributed by atoms with van der Waals surface area (Å²) in [6, 6.07) is 16.9. The van der Waals surface area contributed by atoms with Crippen LogP contribution in [0.25, 0.3) is 0 Å². The van der Waals surface area contributed by atoms with Gasteiger partial charge < -0.3 is 0 Å². The van der Waals surface area contributed by atoms with Crippen LogP contribution in [0.4, 0.5) is 0 Å². The second kappa shape index (κ2) is 6.85. The summed E-state index contributed by atoms with van der Waals surface area (Å²) in [6.45, 7) is 2.10. The molecule has 0 saturated heterocycles. The molecule has 19 heavy (non-hydrogen) atoms. The lowest BCUT2D eigenvalue weighted by molar-refractivity contribution is 0.514. The van der Waals surface area contributed by atoms with Gasteiger partial charge in [0.25, 0.3) is 0 Å². The van der Waals surface area contributed by atoms with Crippen molar-refractivity contribution in [3.8, 4) is 0 Å². The summed E-state index contributed by atoms with van der Waals surface area (Å²) in [5.74, 6) is 5.72. The molecular formula is C16H19BrN2. The minimum absolute atomic E-state index is 0.162. The average Bonchev–Trinajstić information content (AvgIpc) is 2.45. The maximum Gasteiger partial charge on any atom is 0.0474 e. The SMILES string of the molecule is Cc1cccc(C(CCc2ccccc2)NN)c1Br. The molecule has 2 rings (SSSR count). The molecule has 0 heterocycles. The number of rotatable bonds is 5. The smallest absolute Gasteiger partial charge is 0.0474 e. The molecule has 2 aromatic carbocycles. The van der Waals surface area contributed by atoms with E-state index in [-0.39, 0.29) is 6.04 Å². The van der Waals surface area contributed by atoms with E-state index in [0.29, 0.717) is 0 Å². The maximum atomic E-state index is 5.72. The van der Waals surface area contributed by atoms with Crippen molar-refractivity contribution < 1.29 is 0 Å². The number of hydrazine groups is 1. The number of aryl methyl sites for hydroxylation is 2. The fraction of sp³-hybridized carbons (Fsp3) is 0.250. The zero-order valence-corrected chi connectivity index (χ0v) is 12.7. The van der Waals surface area contributed by atoms with E-state index in [2.05, 4.69) is 70.7 Å². The molecule has 0 bridgehead atoms. The van der Waals surface area contributed by atoms with E-state index in [1.54, 1.807) is 0 Å². The first-order valence-electron chi connectivity index (χ1n) is 6.47. The molecule has 0 spiro atoms. The molecule has 0 aromatic heterocycles. The highest BCUT2D eigenvalue weighted by Crippen LogP contribution is 2.28. The van der Waals surface area contributed by atoms with Gasteiger partial charge >= 0.3 is 0 Å². The Bertz CT molecular complexity index is 526. The lowest BCUT2D eigenvalue weighted by Gasteiger charge is -2.19. The minimum Gasteiger partial charge on any atom is -0.271 e. The van der Waals surface area contributed by atoms with Crippen LogP contribution in [-0.2, 0) is 6.42 Å². The Kier molecular flexibility index (Phi) is 5.14. The minimum atomic E-state index is 0.162. The standard InChI is InChI=1S/C16H19BrN2/c1-12-6-5-9-14(16(12)17)15(19-18)11-10-13-7-3-2-4-8-13/h2-9,15,19H,10-11,18H2,1H3. The van der Waals surface area contributed by atoms with Gasteiger partial charge in [-0.1, -0.05) is 64.5 Å². The topological polar surface area (TPSA) is 38.0 Å². The van der Waals surface area contributed by atoms with Crippen LogP contribution in [0, 0.1) is 6.92 Å². The van der Waals surface area contributed by atoms with E-state index in [9.17, 15) is 0 Å². The van der Waals surface area contributed by atoms with Crippen LogP contribution in [0.1, 0.15) is 29.2 Å². The molecule has 1 atom stereocenters. The van der Waals surface area contributed by atoms with Gasteiger partial charge in [-0.05, 0) is 36.5 Å². The monoisotopic (exact) mass is 318 g/mol. The fourth-order valence-corrected chi connectivity index (χ4v) is 2.76. The Balaban J connectivity index is 2.10. The van der Waals surface area contributed by atoms with Crippen molar-refractivity contribution in [1.82, 2.24) is 5.43 Å². The summed E-state index contributed by atoms with van der Waals surface area (Å²) in [5, 5.41) is 0. The molecule has 0 radical (unpaired) electrons. The van der Waals surface area contributed by atoms with Gasteiger partial charge in [0.1, 0.15) is 0 Å². The molecular weight excluding hydrogens is 300 g/mol. The summed E-state index contributed by atoms with van der Waals surface area (Å²) >= 11 is 3.65. The van der Waals surface area contributed by atoms with E-state index >= 15 is 0 Å². The zero-order valence-electron chi connectivity index (χ0n) is 11.1. The molecule has 2 nitrogen and oxygen atoms in total. The van der Waals surface area contributed by atoms with Gasteiger partial charge in [-0.2, -0.15) is 0 Å². The van der Waals surface area contributed by atoms with Crippen molar-refractivity contribution in [2.45, 2.75) is 25.8 Å². The second-order valence-electron chi connectivity index (χ2n) is 4.72. The van der Waals surface area contributed by atoms with Crippen molar-refractivity contribution in [2.75, 3.05) is 0 Å². The van der Waals surface area contributed by atoms with Gasteiger partial charge in [-0.3, -0.25) is 11.3 Å². The Morgan fingerprint density at radius 3 is 2.53 bits per heavy atom. The van der Waals surface area contributed by atoms with Crippen LogP contribution in [0.5, 0.6) is 0 Å². The van der Waals surface area contributed by atoms with E-state index in [1.807, 2.05) is 6.07 Å². The summed E-state index contributed by atoms with van der Waals surface area (Å²) in [6.07, 6.45) is 1.98. The van der Waals surface area contributed by atoms with E-state index in [0.717, 1.165) is 17.3 Å². The van der Waals surface area contributed by atoms with Crippen LogP contribution in [0.15, 0.2) is 53.0 Å². The van der Waals surface area contributed by atoms with Crippen LogP contribution in [0.3, 0.4) is 0 Å².